The van der Waals surface area contributed by atoms with Gasteiger partial charge in [0.05, 0.1) is 12.7 Å². The van der Waals surface area contributed by atoms with Gasteiger partial charge in [-0.05, 0) is 28.8 Å². The molecule has 0 aromatic heterocycles. The van der Waals surface area contributed by atoms with Gasteiger partial charge in [0.15, 0.2) is 0 Å². The van der Waals surface area contributed by atoms with E-state index in [4.69, 9.17) is 14.2 Å². The van der Waals surface area contributed by atoms with Gasteiger partial charge in [0.1, 0.15) is 0 Å². The maximum absolute atomic E-state index is 13.2. The molecular weight excluding hydrogens is 832 g/mol. The molecule has 1 fully saturated rings. The second-order valence-electron chi connectivity index (χ2n) is 13.7. The number of allylic oxidation sites excluding steroid dienone is 2. The average molecular weight is 882 g/mol. The molecular formula is C53H50O7SV. The molecule has 7 nitrogen and oxygen atoms in total. The Morgan fingerprint density at radius 2 is 0.984 bits per heavy atom. The van der Waals surface area contributed by atoms with Crippen LogP contribution in [0.5, 0.6) is 0 Å². The predicted octanol–water partition coefficient (Wildman–Crippen LogP) is 12.2. The van der Waals surface area contributed by atoms with Gasteiger partial charge in [-0.15, -0.1) is 0 Å². The molecule has 1 unspecified atom stereocenters. The number of carbonyl (C=O) groups is 3. The normalized spacial score (nSPS) is 15.3. The molecule has 1 aliphatic rings. The van der Waals surface area contributed by atoms with E-state index >= 15 is 0 Å². The molecule has 62 heavy (non-hydrogen) atoms. The standard InChI is InChI=1S/C37H32O5S.C14H12O2.C2H6.V/c1-3-10-26(2)24-40-35-23-33(42-37(39)32-21-17-30(18-22-32)28-13-8-5-9-14-28)34(43-35)25-41-36(38)31-19-15-29(16-20-31)27-11-6-4-7-12-27;1-16-14(15)13-9-7-12(8-10-13)11-5-3-2-4-6-11;1-2;/h3-22,33-35H,1,23,25H2,2H3;2-10H,1H3;1-2H3;/b26-10+;;;/t33-,34-,35?;;;/m1.../s1. The number of ether oxygens (including phenoxy) is 4. The van der Waals surface area contributed by atoms with Crippen molar-refractivity contribution in [1.29, 1.82) is 0 Å². The molecule has 315 valence electrons. The fourth-order valence-corrected chi connectivity index (χ4v) is 8.10. The van der Waals surface area contributed by atoms with E-state index in [0.717, 1.165) is 39.0 Å². The molecule has 1 saturated heterocycles. The SMILES string of the molecule is C=C/C=C(\C)[C](=[V])OC1C[C@@H](OC(=O)c2ccc(-c3ccccc3)cc2)[C@@H](COC(=O)c2ccc(-c3ccccc3)cc2)S1.CC.COC(=O)c1ccc(-c2ccccc2)cc1. The summed E-state index contributed by atoms with van der Waals surface area (Å²) < 4.78 is 23.3. The molecule has 9 heteroatoms. The van der Waals surface area contributed by atoms with Crippen molar-refractivity contribution in [2.45, 2.75) is 44.0 Å². The monoisotopic (exact) mass is 881 g/mol. The molecule has 0 spiro atoms. The first-order valence-corrected chi connectivity index (χ1v) is 22.0. The fourth-order valence-electron chi connectivity index (χ4n) is 6.34. The molecule has 0 aliphatic carbocycles. The summed E-state index contributed by atoms with van der Waals surface area (Å²) in [5.74, 6) is -1.16. The van der Waals surface area contributed by atoms with Crippen LogP contribution in [0.2, 0.25) is 0 Å². The zero-order valence-corrected chi connectivity index (χ0v) is 37.5. The topological polar surface area (TPSA) is 88.1 Å². The Morgan fingerprint density at radius 1 is 0.597 bits per heavy atom. The summed E-state index contributed by atoms with van der Waals surface area (Å²) in [6.07, 6.45) is 3.51. The van der Waals surface area contributed by atoms with E-state index in [0.29, 0.717) is 27.5 Å². The molecule has 6 aromatic carbocycles. The Bertz CT molecular complexity index is 2400. The summed E-state index contributed by atoms with van der Waals surface area (Å²) in [6, 6.07) is 52.1. The summed E-state index contributed by atoms with van der Waals surface area (Å²) in [4.78, 5) is 37.4. The van der Waals surface area contributed by atoms with Gasteiger partial charge in [0.2, 0.25) is 0 Å². The molecule has 0 radical (unpaired) electrons. The van der Waals surface area contributed by atoms with Gasteiger partial charge in [0.25, 0.3) is 0 Å². The third kappa shape index (κ3) is 13.5. The van der Waals surface area contributed by atoms with E-state index in [2.05, 4.69) is 28.3 Å². The van der Waals surface area contributed by atoms with Gasteiger partial charge in [-0.3, -0.25) is 0 Å². The number of rotatable bonds is 13. The molecule has 0 amide bonds. The van der Waals surface area contributed by atoms with Crippen molar-refractivity contribution in [3.8, 4) is 33.4 Å². The second-order valence-corrected chi connectivity index (χ2v) is 15.7. The zero-order chi connectivity index (χ0) is 44.3. The summed E-state index contributed by atoms with van der Waals surface area (Å²) in [6.45, 7) is 9.76. The van der Waals surface area contributed by atoms with E-state index in [1.807, 2.05) is 154 Å². The Morgan fingerprint density at radius 3 is 1.39 bits per heavy atom. The van der Waals surface area contributed by atoms with Crippen LogP contribution in [0, 0.1) is 0 Å². The molecule has 1 heterocycles. The van der Waals surface area contributed by atoms with E-state index in [9.17, 15) is 14.4 Å². The first-order chi connectivity index (χ1) is 30.2. The van der Waals surface area contributed by atoms with Crippen LogP contribution in [-0.4, -0.2) is 52.8 Å². The van der Waals surface area contributed by atoms with Crippen LogP contribution in [0.1, 0.15) is 58.3 Å². The molecule has 6 aromatic rings. The predicted molar refractivity (Wildman–Crippen MR) is 248 cm³/mol. The number of benzene rings is 6. The molecule has 1 aliphatic heterocycles. The van der Waals surface area contributed by atoms with Gasteiger partial charge in [-0.1, -0.05) is 117 Å². The summed E-state index contributed by atoms with van der Waals surface area (Å²) in [5, 5.41) is -0.302. The van der Waals surface area contributed by atoms with Gasteiger partial charge in [-0.2, -0.15) is 0 Å². The maximum Gasteiger partial charge on any atom is 0.337 e. The van der Waals surface area contributed by atoms with E-state index < -0.39 is 18.0 Å². The van der Waals surface area contributed by atoms with E-state index in [1.165, 1.54) is 18.9 Å². The third-order valence-corrected chi connectivity index (χ3v) is 11.7. The average Bonchev–Trinajstić information content (AvgIpc) is 3.72. The second kappa shape index (κ2) is 24.4. The Hall–Kier alpha value is -6.03. The van der Waals surface area contributed by atoms with Gasteiger partial charge in [0, 0.05) is 0 Å². The molecule has 3 atom stereocenters. The van der Waals surface area contributed by atoms with Crippen molar-refractivity contribution in [2.24, 2.45) is 0 Å². The van der Waals surface area contributed by atoms with E-state index in [1.54, 1.807) is 42.5 Å². The fraction of sp³-hybridized carbons (Fsp3) is 0.170. The van der Waals surface area contributed by atoms with Crippen LogP contribution in [0.4, 0.5) is 0 Å². The number of esters is 3. The van der Waals surface area contributed by atoms with Crippen LogP contribution in [0.25, 0.3) is 33.4 Å². The molecule has 0 N–H and O–H groups in total. The molecule has 7 rings (SSSR count). The van der Waals surface area contributed by atoms with Crippen LogP contribution in [-0.2, 0) is 35.9 Å². The zero-order valence-electron chi connectivity index (χ0n) is 35.3. The Balaban J connectivity index is 0.000000336. The van der Waals surface area contributed by atoms with Crippen molar-refractivity contribution in [1.82, 2.24) is 0 Å². The maximum atomic E-state index is 13.2. The van der Waals surface area contributed by atoms with Crippen molar-refractivity contribution >= 4 is 34.1 Å². The van der Waals surface area contributed by atoms with Crippen LogP contribution in [0.3, 0.4) is 0 Å². The minimum atomic E-state index is -0.511. The van der Waals surface area contributed by atoms with E-state index in [-0.39, 0.29) is 23.3 Å². The van der Waals surface area contributed by atoms with Crippen molar-refractivity contribution < 1.29 is 50.3 Å². The molecule has 0 bridgehead atoms. The van der Waals surface area contributed by atoms with Crippen LogP contribution in [0.15, 0.2) is 188 Å². The van der Waals surface area contributed by atoms with Gasteiger partial charge >= 0.3 is 212 Å². The number of hydrogen-bond donors (Lipinski definition) is 0. The quantitative estimate of drug-likeness (QED) is 0.0644. The number of carbonyl (C=O) groups excluding carboxylic acids is 3. The third-order valence-electron chi connectivity index (χ3n) is 9.62. The van der Waals surface area contributed by atoms with Gasteiger partial charge in [-0.25, -0.2) is 4.79 Å². The Kier molecular flexibility index (Phi) is 18.5. The smallest absolute Gasteiger partial charge is 0.337 e. The molecule has 0 saturated carbocycles. The minimum Gasteiger partial charge on any atom is -0.465 e. The van der Waals surface area contributed by atoms with Crippen molar-refractivity contribution in [3.63, 3.8) is 0 Å². The van der Waals surface area contributed by atoms with Crippen LogP contribution >= 0.6 is 11.8 Å². The van der Waals surface area contributed by atoms with Crippen molar-refractivity contribution in [3.05, 3.63) is 205 Å². The largest absolute Gasteiger partial charge is 0.465 e. The van der Waals surface area contributed by atoms with Gasteiger partial charge < -0.3 is 4.74 Å². The Labute approximate surface area is 378 Å². The van der Waals surface area contributed by atoms with Crippen molar-refractivity contribution in [2.75, 3.05) is 13.7 Å². The summed E-state index contributed by atoms with van der Waals surface area (Å²) >= 11 is 3.93. The number of methoxy groups -OCH3 is 1. The summed E-state index contributed by atoms with van der Waals surface area (Å²) in [5.41, 5.74) is 8.54. The first kappa shape index (κ1) is 47.0. The first-order valence-electron chi connectivity index (χ1n) is 20.3. The number of hydrogen-bond acceptors (Lipinski definition) is 8. The number of thioether (sulfide) groups is 1. The van der Waals surface area contributed by atoms with Crippen LogP contribution < -0.4 is 0 Å². The summed E-state index contributed by atoms with van der Waals surface area (Å²) in [7, 11) is 1.38. The minimum absolute atomic E-state index is 0.0735.